The molecule has 26 heavy (non-hydrogen) atoms. The summed E-state index contributed by atoms with van der Waals surface area (Å²) in [4.78, 5) is 24.1. The molecule has 0 aliphatic carbocycles. The van der Waals surface area contributed by atoms with E-state index in [-0.39, 0.29) is 22.9 Å². The van der Waals surface area contributed by atoms with Gasteiger partial charge in [-0.15, -0.1) is 0 Å². The summed E-state index contributed by atoms with van der Waals surface area (Å²) in [6, 6.07) is 7.12. The SMILES string of the molecule is Cc1ccc(S(=O)(=O)CCC(=O)N[C@@H](C)C(=O)Nc2cc(C)on2)cc1. The van der Waals surface area contributed by atoms with E-state index < -0.39 is 27.7 Å². The Balaban J connectivity index is 1.85. The lowest BCUT2D eigenvalue weighted by Gasteiger charge is -2.13. The van der Waals surface area contributed by atoms with E-state index in [2.05, 4.69) is 15.8 Å². The number of nitrogens with one attached hydrogen (secondary N) is 2. The van der Waals surface area contributed by atoms with Crippen LogP contribution < -0.4 is 10.6 Å². The molecule has 2 aromatic rings. The number of hydrogen-bond acceptors (Lipinski definition) is 6. The number of rotatable bonds is 7. The standard InChI is InChI=1S/C17H21N3O5S/c1-11-4-6-14(7-5-11)26(23,24)9-8-16(21)18-13(3)17(22)19-15-10-12(2)25-20-15/h4-7,10,13H,8-9H2,1-3H3,(H,18,21)(H,19,20,22)/t13-/m0/s1. The Morgan fingerprint density at radius 1 is 1.19 bits per heavy atom. The molecule has 0 saturated heterocycles. The van der Waals surface area contributed by atoms with E-state index in [1.165, 1.54) is 19.1 Å². The maximum atomic E-state index is 12.2. The van der Waals surface area contributed by atoms with Crippen molar-refractivity contribution in [1.29, 1.82) is 0 Å². The summed E-state index contributed by atoms with van der Waals surface area (Å²) in [5.74, 6) is -0.555. The lowest BCUT2D eigenvalue weighted by Crippen LogP contribution is -2.42. The normalized spacial score (nSPS) is 12.4. The number of sulfone groups is 1. The number of carbonyl (C=O) groups is 2. The van der Waals surface area contributed by atoms with Crippen molar-refractivity contribution in [2.75, 3.05) is 11.1 Å². The van der Waals surface area contributed by atoms with Crippen LogP contribution in [0.5, 0.6) is 0 Å². The fourth-order valence-corrected chi connectivity index (χ4v) is 3.37. The first-order valence-corrected chi connectivity index (χ1v) is 9.65. The zero-order chi connectivity index (χ0) is 19.3. The molecule has 0 bridgehead atoms. The molecule has 140 valence electrons. The van der Waals surface area contributed by atoms with E-state index in [9.17, 15) is 18.0 Å². The van der Waals surface area contributed by atoms with Gasteiger partial charge in [-0.25, -0.2) is 8.42 Å². The highest BCUT2D eigenvalue weighted by atomic mass is 32.2. The fraction of sp³-hybridized carbons (Fsp3) is 0.353. The molecule has 8 nitrogen and oxygen atoms in total. The van der Waals surface area contributed by atoms with Crippen LogP contribution in [0.15, 0.2) is 39.8 Å². The summed E-state index contributed by atoms with van der Waals surface area (Å²) in [5, 5.41) is 8.59. The predicted octanol–water partition coefficient (Wildman–Crippen LogP) is 1.60. The second-order valence-corrected chi connectivity index (χ2v) is 8.09. The van der Waals surface area contributed by atoms with Crippen LogP contribution in [0.3, 0.4) is 0 Å². The van der Waals surface area contributed by atoms with Gasteiger partial charge in [0.15, 0.2) is 15.7 Å². The van der Waals surface area contributed by atoms with Crippen LogP contribution in [0.4, 0.5) is 5.82 Å². The fourth-order valence-electron chi connectivity index (χ4n) is 2.13. The molecule has 0 fully saturated rings. The van der Waals surface area contributed by atoms with Crippen LogP contribution in [-0.2, 0) is 19.4 Å². The number of benzene rings is 1. The third kappa shape index (κ3) is 5.41. The number of hydrogen-bond donors (Lipinski definition) is 2. The van der Waals surface area contributed by atoms with Crippen LogP contribution in [0.25, 0.3) is 0 Å². The molecule has 1 aromatic heterocycles. The first-order valence-electron chi connectivity index (χ1n) is 8.00. The van der Waals surface area contributed by atoms with Gasteiger partial charge in [-0.1, -0.05) is 22.9 Å². The summed E-state index contributed by atoms with van der Waals surface area (Å²) in [6.07, 6.45) is -0.239. The molecular weight excluding hydrogens is 358 g/mol. The average molecular weight is 379 g/mol. The van der Waals surface area contributed by atoms with E-state index in [0.29, 0.717) is 5.76 Å². The van der Waals surface area contributed by atoms with Gasteiger partial charge in [-0.2, -0.15) is 0 Å². The predicted molar refractivity (Wildman–Crippen MR) is 95.3 cm³/mol. The minimum Gasteiger partial charge on any atom is -0.360 e. The Bertz CT molecular complexity index is 887. The number of aromatic nitrogens is 1. The van der Waals surface area contributed by atoms with Crippen LogP contribution in [0.2, 0.25) is 0 Å². The largest absolute Gasteiger partial charge is 0.360 e. The smallest absolute Gasteiger partial charge is 0.247 e. The van der Waals surface area contributed by atoms with Crippen LogP contribution in [-0.4, -0.2) is 37.2 Å². The summed E-state index contributed by atoms with van der Waals surface area (Å²) in [6.45, 7) is 5.04. The molecule has 0 unspecified atom stereocenters. The second kappa shape index (κ2) is 8.13. The van der Waals surface area contributed by atoms with Crippen molar-refractivity contribution in [3.63, 3.8) is 0 Å². The van der Waals surface area contributed by atoms with Gasteiger partial charge in [0.25, 0.3) is 0 Å². The first kappa shape index (κ1) is 19.6. The number of anilines is 1. The minimum absolute atomic E-state index is 0.170. The zero-order valence-electron chi connectivity index (χ0n) is 14.8. The average Bonchev–Trinajstić information content (AvgIpc) is 2.98. The van der Waals surface area contributed by atoms with Gasteiger partial charge in [0.1, 0.15) is 11.8 Å². The molecule has 0 aliphatic heterocycles. The molecule has 2 rings (SSSR count). The number of nitrogens with zero attached hydrogens (tertiary/aromatic N) is 1. The monoisotopic (exact) mass is 379 g/mol. The van der Waals surface area contributed by atoms with Gasteiger partial charge >= 0.3 is 0 Å². The molecule has 1 atom stereocenters. The molecular formula is C17H21N3O5S. The van der Waals surface area contributed by atoms with Gasteiger partial charge in [0, 0.05) is 12.5 Å². The quantitative estimate of drug-likeness (QED) is 0.754. The van der Waals surface area contributed by atoms with Crippen molar-refractivity contribution in [2.24, 2.45) is 0 Å². The minimum atomic E-state index is -3.56. The molecule has 1 heterocycles. The maximum absolute atomic E-state index is 12.2. The zero-order valence-corrected chi connectivity index (χ0v) is 15.6. The Labute approximate surface area is 151 Å². The molecule has 2 amide bonds. The highest BCUT2D eigenvalue weighted by molar-refractivity contribution is 7.91. The van der Waals surface area contributed by atoms with Crippen molar-refractivity contribution in [3.05, 3.63) is 41.7 Å². The van der Waals surface area contributed by atoms with Gasteiger partial charge < -0.3 is 15.2 Å². The highest BCUT2D eigenvalue weighted by Crippen LogP contribution is 2.13. The number of carbonyl (C=O) groups excluding carboxylic acids is 2. The lowest BCUT2D eigenvalue weighted by atomic mass is 10.2. The Kier molecular flexibility index (Phi) is 6.14. The summed E-state index contributed by atoms with van der Waals surface area (Å²) in [7, 11) is -3.56. The molecule has 0 saturated carbocycles. The topological polar surface area (TPSA) is 118 Å². The van der Waals surface area contributed by atoms with E-state index in [4.69, 9.17) is 4.52 Å². The molecule has 2 N–H and O–H groups in total. The summed E-state index contributed by atoms with van der Waals surface area (Å²) < 4.78 is 29.3. The Hall–Kier alpha value is -2.68. The maximum Gasteiger partial charge on any atom is 0.247 e. The van der Waals surface area contributed by atoms with Crippen molar-refractivity contribution in [1.82, 2.24) is 10.5 Å². The molecule has 1 aromatic carbocycles. The molecule has 0 spiro atoms. The van der Waals surface area contributed by atoms with Gasteiger partial charge in [-0.05, 0) is 32.9 Å². The number of amides is 2. The van der Waals surface area contributed by atoms with E-state index >= 15 is 0 Å². The van der Waals surface area contributed by atoms with Crippen molar-refractivity contribution < 1.29 is 22.5 Å². The van der Waals surface area contributed by atoms with Crippen molar-refractivity contribution in [3.8, 4) is 0 Å². The van der Waals surface area contributed by atoms with E-state index in [0.717, 1.165) is 5.56 Å². The van der Waals surface area contributed by atoms with Gasteiger partial charge in [0.05, 0.1) is 10.6 Å². The third-order valence-corrected chi connectivity index (χ3v) is 5.36. The summed E-state index contributed by atoms with van der Waals surface area (Å²) >= 11 is 0. The first-order chi connectivity index (χ1) is 12.2. The van der Waals surface area contributed by atoms with E-state index in [1.807, 2.05) is 6.92 Å². The molecule has 9 heteroatoms. The lowest BCUT2D eigenvalue weighted by molar-refractivity contribution is -0.125. The summed E-state index contributed by atoms with van der Waals surface area (Å²) in [5.41, 5.74) is 0.948. The molecule has 0 aliphatic rings. The van der Waals surface area contributed by atoms with Crippen LogP contribution in [0, 0.1) is 13.8 Å². The second-order valence-electron chi connectivity index (χ2n) is 5.98. The van der Waals surface area contributed by atoms with Crippen LogP contribution >= 0.6 is 0 Å². The van der Waals surface area contributed by atoms with Crippen molar-refractivity contribution in [2.45, 2.75) is 38.1 Å². The number of aryl methyl sites for hydroxylation is 2. The highest BCUT2D eigenvalue weighted by Gasteiger charge is 2.20. The van der Waals surface area contributed by atoms with Gasteiger partial charge in [0.2, 0.25) is 11.8 Å². The third-order valence-electron chi connectivity index (χ3n) is 3.63. The van der Waals surface area contributed by atoms with Crippen LogP contribution in [0.1, 0.15) is 24.7 Å². The van der Waals surface area contributed by atoms with Gasteiger partial charge in [-0.3, -0.25) is 9.59 Å². The van der Waals surface area contributed by atoms with Crippen molar-refractivity contribution >= 4 is 27.5 Å². The molecule has 0 radical (unpaired) electrons. The Morgan fingerprint density at radius 3 is 2.42 bits per heavy atom. The Morgan fingerprint density at radius 2 is 1.85 bits per heavy atom. The van der Waals surface area contributed by atoms with E-state index in [1.54, 1.807) is 25.1 Å².